The summed E-state index contributed by atoms with van der Waals surface area (Å²) in [5.74, 6) is 2.86. The predicted molar refractivity (Wildman–Crippen MR) is 41.6 cm³/mol. The first kappa shape index (κ1) is 6.24. The van der Waals surface area contributed by atoms with E-state index >= 15 is 0 Å². The van der Waals surface area contributed by atoms with E-state index in [1.54, 1.807) is 0 Å². The van der Waals surface area contributed by atoms with E-state index < -0.39 is 0 Å². The molecule has 0 aliphatic carbocycles. The number of rotatable bonds is 0. The Hall–Kier alpha value is -0.480. The lowest BCUT2D eigenvalue weighted by Gasteiger charge is -2.18. The zero-order valence-electron chi connectivity index (χ0n) is 6.21. The first-order valence-electron chi connectivity index (χ1n) is 4.13. The number of hydrogen-bond acceptors (Lipinski definition) is 1. The lowest BCUT2D eigenvalue weighted by molar-refractivity contribution is 0.286. The molecule has 1 nitrogen and oxygen atoms in total. The van der Waals surface area contributed by atoms with Crippen LogP contribution in [-0.2, 0) is 0 Å². The molecule has 0 spiro atoms. The predicted octanol–water partition coefficient (Wildman–Crippen LogP) is 1.25. The molecule has 2 saturated heterocycles. The van der Waals surface area contributed by atoms with Gasteiger partial charge in [0.15, 0.2) is 0 Å². The van der Waals surface area contributed by atoms with E-state index in [-0.39, 0.29) is 0 Å². The molecule has 0 saturated carbocycles. The van der Waals surface area contributed by atoms with Crippen LogP contribution in [0.4, 0.5) is 0 Å². The highest BCUT2D eigenvalue weighted by Crippen LogP contribution is 2.31. The molecule has 1 unspecified atom stereocenters. The summed E-state index contributed by atoms with van der Waals surface area (Å²) in [6.07, 6.45) is 10.7. The Morgan fingerprint density at radius 2 is 2.20 bits per heavy atom. The molecule has 0 aromatic carbocycles. The topological polar surface area (TPSA) is 3.24 Å². The number of nitrogens with zero attached hydrogens (tertiary/aromatic N) is 1. The van der Waals surface area contributed by atoms with Gasteiger partial charge in [-0.15, -0.1) is 6.42 Å². The Morgan fingerprint density at radius 1 is 1.30 bits per heavy atom. The van der Waals surface area contributed by atoms with Gasteiger partial charge < -0.3 is 0 Å². The molecule has 0 N–H and O–H groups in total. The fraction of sp³-hybridized carbons (Fsp3) is 0.778. The number of terminal acetylenes is 1. The minimum Gasteiger partial charge on any atom is -0.287 e. The summed E-state index contributed by atoms with van der Waals surface area (Å²) in [5.41, 5.74) is 0. The summed E-state index contributed by atoms with van der Waals surface area (Å²) in [7, 11) is 0. The number of fused-ring (bicyclic) bond motifs is 1. The average Bonchev–Trinajstić information content (AvgIpc) is 2.44. The maximum Gasteiger partial charge on any atom is 0.0714 e. The molecule has 2 rings (SSSR count). The summed E-state index contributed by atoms with van der Waals surface area (Å²) in [6, 6.07) is 1.33. The maximum absolute atomic E-state index is 5.40. The molecule has 0 amide bonds. The van der Waals surface area contributed by atoms with Crippen molar-refractivity contribution in [1.82, 2.24) is 4.90 Å². The largest absolute Gasteiger partial charge is 0.287 e. The van der Waals surface area contributed by atoms with E-state index in [2.05, 4.69) is 10.8 Å². The monoisotopic (exact) mass is 135 g/mol. The van der Waals surface area contributed by atoms with Crippen molar-refractivity contribution in [3.63, 3.8) is 0 Å². The van der Waals surface area contributed by atoms with Crippen molar-refractivity contribution in [3.8, 4) is 12.3 Å². The molecule has 2 atom stereocenters. The van der Waals surface area contributed by atoms with E-state index in [4.69, 9.17) is 6.42 Å². The third kappa shape index (κ3) is 0.759. The van der Waals surface area contributed by atoms with Gasteiger partial charge in [-0.1, -0.05) is 5.92 Å². The fourth-order valence-electron chi connectivity index (χ4n) is 2.27. The molecule has 10 heavy (non-hydrogen) atoms. The van der Waals surface area contributed by atoms with Gasteiger partial charge in [-0.05, 0) is 32.2 Å². The van der Waals surface area contributed by atoms with Crippen molar-refractivity contribution >= 4 is 0 Å². The molecule has 0 aromatic heterocycles. The van der Waals surface area contributed by atoms with Crippen LogP contribution in [0.5, 0.6) is 0 Å². The Bertz CT molecular complexity index is 168. The van der Waals surface area contributed by atoms with E-state index in [9.17, 15) is 0 Å². The van der Waals surface area contributed by atoms with Gasteiger partial charge in [0.2, 0.25) is 0 Å². The minimum atomic E-state index is 0.479. The van der Waals surface area contributed by atoms with Crippen molar-refractivity contribution in [2.75, 3.05) is 6.54 Å². The van der Waals surface area contributed by atoms with Crippen LogP contribution >= 0.6 is 0 Å². The summed E-state index contributed by atoms with van der Waals surface area (Å²) < 4.78 is 0. The van der Waals surface area contributed by atoms with Crippen LogP contribution < -0.4 is 0 Å². The van der Waals surface area contributed by atoms with E-state index in [0.717, 1.165) is 6.04 Å². The van der Waals surface area contributed by atoms with Crippen molar-refractivity contribution in [2.45, 2.75) is 37.8 Å². The Labute approximate surface area is 62.4 Å². The summed E-state index contributed by atoms with van der Waals surface area (Å²) in [4.78, 5) is 2.50. The third-order valence-electron chi connectivity index (χ3n) is 2.79. The molecule has 2 heterocycles. The van der Waals surface area contributed by atoms with Crippen LogP contribution in [0.3, 0.4) is 0 Å². The molecular formula is C9H13N. The molecule has 54 valence electrons. The van der Waals surface area contributed by atoms with Crippen LogP contribution in [-0.4, -0.2) is 23.5 Å². The van der Waals surface area contributed by atoms with Gasteiger partial charge >= 0.3 is 0 Å². The standard InChI is InChI=1S/C9H13N/c1-2-8-5-6-9-4-3-7-10(8)9/h1,8-9H,3-7H2/t8-,9?/m0/s1. The molecule has 0 radical (unpaired) electrons. The van der Waals surface area contributed by atoms with Crippen molar-refractivity contribution in [1.29, 1.82) is 0 Å². The average molecular weight is 135 g/mol. The maximum atomic E-state index is 5.40. The van der Waals surface area contributed by atoms with Gasteiger partial charge in [-0.3, -0.25) is 4.90 Å². The van der Waals surface area contributed by atoms with Gasteiger partial charge in [0.1, 0.15) is 0 Å². The molecule has 2 aliphatic rings. The highest BCUT2D eigenvalue weighted by atomic mass is 15.2. The molecule has 1 heteroatoms. The van der Waals surface area contributed by atoms with Crippen LogP contribution in [0, 0.1) is 12.3 Å². The van der Waals surface area contributed by atoms with Crippen molar-refractivity contribution in [2.24, 2.45) is 0 Å². The van der Waals surface area contributed by atoms with Gasteiger partial charge in [-0.25, -0.2) is 0 Å². The zero-order valence-corrected chi connectivity index (χ0v) is 6.21. The highest BCUT2D eigenvalue weighted by molar-refractivity contribution is 5.07. The van der Waals surface area contributed by atoms with E-state index in [1.165, 1.54) is 32.2 Å². The van der Waals surface area contributed by atoms with Crippen LogP contribution in [0.1, 0.15) is 25.7 Å². The molecule has 0 aromatic rings. The van der Waals surface area contributed by atoms with Gasteiger partial charge in [0.05, 0.1) is 6.04 Å². The van der Waals surface area contributed by atoms with Gasteiger partial charge in [-0.2, -0.15) is 0 Å². The van der Waals surface area contributed by atoms with Crippen LogP contribution in [0.15, 0.2) is 0 Å². The zero-order chi connectivity index (χ0) is 6.97. The van der Waals surface area contributed by atoms with E-state index in [1.807, 2.05) is 0 Å². The SMILES string of the molecule is C#C[C@H]1CCC2CCCN21. The second-order valence-corrected chi connectivity index (χ2v) is 3.29. The fourth-order valence-corrected chi connectivity index (χ4v) is 2.27. The van der Waals surface area contributed by atoms with Crippen LogP contribution in [0.25, 0.3) is 0 Å². The third-order valence-corrected chi connectivity index (χ3v) is 2.79. The highest BCUT2D eigenvalue weighted by Gasteiger charge is 2.35. The summed E-state index contributed by atoms with van der Waals surface area (Å²) >= 11 is 0. The van der Waals surface area contributed by atoms with Gasteiger partial charge in [0, 0.05) is 6.04 Å². The lowest BCUT2D eigenvalue weighted by atomic mass is 10.1. The summed E-state index contributed by atoms with van der Waals surface area (Å²) in [5, 5.41) is 0. The second kappa shape index (κ2) is 2.29. The smallest absolute Gasteiger partial charge is 0.0714 e. The van der Waals surface area contributed by atoms with Gasteiger partial charge in [0.25, 0.3) is 0 Å². The molecule has 0 bridgehead atoms. The van der Waals surface area contributed by atoms with Crippen molar-refractivity contribution in [3.05, 3.63) is 0 Å². The minimum absolute atomic E-state index is 0.479. The lowest BCUT2D eigenvalue weighted by Crippen LogP contribution is -2.29. The van der Waals surface area contributed by atoms with E-state index in [0.29, 0.717) is 6.04 Å². The quantitative estimate of drug-likeness (QED) is 0.452. The Kier molecular flexibility index (Phi) is 1.43. The van der Waals surface area contributed by atoms with Crippen molar-refractivity contribution < 1.29 is 0 Å². The van der Waals surface area contributed by atoms with Crippen LogP contribution in [0.2, 0.25) is 0 Å². The second-order valence-electron chi connectivity index (χ2n) is 3.29. The first-order chi connectivity index (χ1) is 4.92. The first-order valence-corrected chi connectivity index (χ1v) is 4.13. The summed E-state index contributed by atoms with van der Waals surface area (Å²) in [6.45, 7) is 1.25. The Morgan fingerprint density at radius 3 is 3.00 bits per heavy atom. The Balaban J connectivity index is 2.10. The molecule has 2 aliphatic heterocycles. The number of hydrogen-bond donors (Lipinski definition) is 0. The molecular weight excluding hydrogens is 122 g/mol. The normalized spacial score (nSPS) is 39.5. The molecule has 2 fully saturated rings.